The van der Waals surface area contributed by atoms with Crippen LogP contribution in [0.2, 0.25) is 0 Å². The van der Waals surface area contributed by atoms with Crippen LogP contribution < -0.4 is 0 Å². The van der Waals surface area contributed by atoms with E-state index in [4.69, 9.17) is 0 Å². The van der Waals surface area contributed by atoms with E-state index >= 15 is 0 Å². The first-order chi connectivity index (χ1) is 5.54. The summed E-state index contributed by atoms with van der Waals surface area (Å²) >= 11 is 0. The van der Waals surface area contributed by atoms with E-state index in [-0.39, 0.29) is 6.42 Å². The van der Waals surface area contributed by atoms with Crippen molar-refractivity contribution in [3.8, 4) is 0 Å². The Labute approximate surface area is 70.5 Å². The van der Waals surface area contributed by atoms with Gasteiger partial charge in [-0.25, -0.2) is 0 Å². The number of halogens is 3. The van der Waals surface area contributed by atoms with Crippen LogP contribution in [0.3, 0.4) is 0 Å². The minimum absolute atomic E-state index is 0.271. The van der Waals surface area contributed by atoms with Gasteiger partial charge in [-0.3, -0.25) is 0 Å². The van der Waals surface area contributed by atoms with Gasteiger partial charge in [-0.05, 0) is 25.7 Å². The highest BCUT2D eigenvalue weighted by molar-refractivity contribution is 5.08. The van der Waals surface area contributed by atoms with Crippen LogP contribution in [0.15, 0.2) is 11.6 Å². The fourth-order valence-corrected chi connectivity index (χ4v) is 1.55. The fourth-order valence-electron chi connectivity index (χ4n) is 1.55. The van der Waals surface area contributed by atoms with Crippen molar-refractivity contribution in [2.75, 3.05) is 0 Å². The highest BCUT2D eigenvalue weighted by Gasteiger charge is 2.38. The smallest absolute Gasteiger partial charge is 0.170 e. The highest BCUT2D eigenvalue weighted by atomic mass is 19.4. The average molecular weight is 178 g/mol. The zero-order valence-electron chi connectivity index (χ0n) is 7.12. The second kappa shape index (κ2) is 3.50. The molecule has 0 spiro atoms. The Morgan fingerprint density at radius 1 is 1.50 bits per heavy atom. The quantitative estimate of drug-likeness (QED) is 0.537. The molecule has 0 nitrogen and oxygen atoms in total. The Morgan fingerprint density at radius 2 is 2.17 bits per heavy atom. The van der Waals surface area contributed by atoms with Crippen molar-refractivity contribution in [1.29, 1.82) is 0 Å². The van der Waals surface area contributed by atoms with Gasteiger partial charge >= 0.3 is 6.18 Å². The predicted octanol–water partition coefficient (Wildman–Crippen LogP) is 3.69. The van der Waals surface area contributed by atoms with E-state index in [2.05, 4.69) is 0 Å². The molecule has 1 aliphatic carbocycles. The highest BCUT2D eigenvalue weighted by Crippen LogP contribution is 2.36. The van der Waals surface area contributed by atoms with Crippen molar-refractivity contribution in [1.82, 2.24) is 0 Å². The fraction of sp³-hybridized carbons (Fsp3) is 0.778. The van der Waals surface area contributed by atoms with Crippen LogP contribution in [-0.4, -0.2) is 6.18 Å². The first-order valence-corrected chi connectivity index (χ1v) is 4.30. The summed E-state index contributed by atoms with van der Waals surface area (Å²) in [6.07, 6.45) is -0.0587. The van der Waals surface area contributed by atoms with Gasteiger partial charge in [0.05, 0.1) is 5.92 Å². The van der Waals surface area contributed by atoms with E-state index < -0.39 is 12.1 Å². The molecule has 0 aromatic heterocycles. The molecule has 1 atom stereocenters. The molecule has 0 heterocycles. The molecule has 0 fully saturated rings. The van der Waals surface area contributed by atoms with Gasteiger partial charge in [0.2, 0.25) is 0 Å². The maximum absolute atomic E-state index is 12.2. The molecule has 12 heavy (non-hydrogen) atoms. The Balaban J connectivity index is 2.67. The van der Waals surface area contributed by atoms with E-state index in [1.54, 1.807) is 0 Å². The molecule has 0 amide bonds. The maximum atomic E-state index is 12.2. The lowest BCUT2D eigenvalue weighted by Crippen LogP contribution is -2.23. The lowest BCUT2D eigenvalue weighted by molar-refractivity contribution is -0.164. The van der Waals surface area contributed by atoms with Gasteiger partial charge in [-0.2, -0.15) is 13.2 Å². The van der Waals surface area contributed by atoms with Gasteiger partial charge < -0.3 is 0 Å². The third kappa shape index (κ3) is 2.26. The molecule has 1 rings (SSSR count). The standard InChI is InChI=1S/C9H13F3/c1-2-7-4-3-5-8(6-7)9(10,11)12/h6,8H,2-5H2,1H3/t8-/m0/s1. The number of allylic oxidation sites excluding steroid dienone is 2. The molecule has 0 saturated heterocycles. The summed E-state index contributed by atoms with van der Waals surface area (Å²) in [5, 5.41) is 0. The first-order valence-electron chi connectivity index (χ1n) is 4.30. The van der Waals surface area contributed by atoms with Crippen LogP contribution in [0.25, 0.3) is 0 Å². The zero-order valence-corrected chi connectivity index (χ0v) is 7.12. The van der Waals surface area contributed by atoms with Crippen molar-refractivity contribution in [2.45, 2.75) is 38.8 Å². The third-order valence-corrected chi connectivity index (χ3v) is 2.32. The lowest BCUT2D eigenvalue weighted by Gasteiger charge is -2.22. The number of hydrogen-bond acceptors (Lipinski definition) is 0. The summed E-state index contributed by atoms with van der Waals surface area (Å²) in [6, 6.07) is 0. The molecule has 0 aliphatic heterocycles. The number of rotatable bonds is 1. The van der Waals surface area contributed by atoms with Crippen LogP contribution in [-0.2, 0) is 0 Å². The minimum atomic E-state index is -4.03. The van der Waals surface area contributed by atoms with Crippen molar-refractivity contribution in [3.05, 3.63) is 11.6 Å². The Morgan fingerprint density at radius 3 is 2.67 bits per heavy atom. The van der Waals surface area contributed by atoms with Gasteiger partial charge in [0.1, 0.15) is 0 Å². The summed E-state index contributed by atoms with van der Waals surface area (Å²) in [7, 11) is 0. The molecule has 0 unspecified atom stereocenters. The summed E-state index contributed by atoms with van der Waals surface area (Å²) < 4.78 is 36.6. The molecule has 70 valence electrons. The lowest BCUT2D eigenvalue weighted by atomic mass is 9.89. The molecule has 0 aromatic carbocycles. The Kier molecular flexibility index (Phi) is 2.80. The van der Waals surface area contributed by atoms with Gasteiger partial charge in [0.25, 0.3) is 0 Å². The second-order valence-corrected chi connectivity index (χ2v) is 3.22. The van der Waals surface area contributed by atoms with Crippen molar-refractivity contribution in [3.63, 3.8) is 0 Å². The monoisotopic (exact) mass is 178 g/mol. The van der Waals surface area contributed by atoms with Crippen molar-refractivity contribution in [2.24, 2.45) is 5.92 Å². The normalized spacial score (nSPS) is 25.3. The van der Waals surface area contributed by atoms with Gasteiger partial charge in [0, 0.05) is 0 Å². The van der Waals surface area contributed by atoms with E-state index in [9.17, 15) is 13.2 Å². The number of hydrogen-bond donors (Lipinski definition) is 0. The zero-order chi connectivity index (χ0) is 9.19. The molecule has 0 radical (unpaired) electrons. The Bertz CT molecular complexity index is 179. The van der Waals surface area contributed by atoms with Crippen LogP contribution >= 0.6 is 0 Å². The SMILES string of the molecule is CCC1=C[C@@H](C(F)(F)F)CCC1. The molecule has 1 aliphatic rings. The number of alkyl halides is 3. The van der Waals surface area contributed by atoms with Gasteiger partial charge in [-0.1, -0.05) is 18.6 Å². The maximum Gasteiger partial charge on any atom is 0.395 e. The molecular weight excluding hydrogens is 165 g/mol. The average Bonchev–Trinajstić information content (AvgIpc) is 2.03. The predicted molar refractivity (Wildman–Crippen MR) is 41.8 cm³/mol. The summed E-state index contributed by atoms with van der Waals surface area (Å²) in [6.45, 7) is 1.91. The molecule has 0 bridgehead atoms. The third-order valence-electron chi connectivity index (χ3n) is 2.32. The molecular formula is C9H13F3. The minimum Gasteiger partial charge on any atom is -0.170 e. The largest absolute Gasteiger partial charge is 0.395 e. The van der Waals surface area contributed by atoms with E-state index in [0.717, 1.165) is 18.4 Å². The summed E-state index contributed by atoms with van der Waals surface area (Å²) in [5.41, 5.74) is 0.962. The molecule has 3 heteroatoms. The second-order valence-electron chi connectivity index (χ2n) is 3.22. The summed E-state index contributed by atoms with van der Waals surface area (Å²) in [5.74, 6) is -1.18. The van der Waals surface area contributed by atoms with Crippen molar-refractivity contribution >= 4 is 0 Å². The van der Waals surface area contributed by atoms with Gasteiger partial charge in [0.15, 0.2) is 0 Å². The van der Waals surface area contributed by atoms with Crippen LogP contribution in [0.4, 0.5) is 13.2 Å². The molecule has 0 saturated carbocycles. The van der Waals surface area contributed by atoms with E-state index in [1.165, 1.54) is 6.08 Å². The van der Waals surface area contributed by atoms with Crippen molar-refractivity contribution < 1.29 is 13.2 Å². The van der Waals surface area contributed by atoms with Crippen LogP contribution in [0, 0.1) is 5.92 Å². The van der Waals surface area contributed by atoms with E-state index in [1.807, 2.05) is 6.92 Å². The molecule has 0 N–H and O–H groups in total. The topological polar surface area (TPSA) is 0 Å². The van der Waals surface area contributed by atoms with Crippen LogP contribution in [0.1, 0.15) is 32.6 Å². The summed E-state index contributed by atoms with van der Waals surface area (Å²) in [4.78, 5) is 0. The van der Waals surface area contributed by atoms with E-state index in [0.29, 0.717) is 6.42 Å². The first kappa shape index (κ1) is 9.62. The van der Waals surface area contributed by atoms with Crippen LogP contribution in [0.5, 0.6) is 0 Å². The molecule has 0 aromatic rings. The van der Waals surface area contributed by atoms with Gasteiger partial charge in [-0.15, -0.1) is 0 Å². The Hall–Kier alpha value is -0.470.